The van der Waals surface area contributed by atoms with Crippen LogP contribution in [-0.2, 0) is 4.79 Å². The van der Waals surface area contributed by atoms with E-state index in [0.717, 1.165) is 5.56 Å². The molecule has 1 aromatic carbocycles. The Morgan fingerprint density at radius 2 is 2.07 bits per heavy atom. The average Bonchev–Trinajstić information content (AvgIpc) is 2.09. The molecule has 0 aliphatic carbocycles. The van der Waals surface area contributed by atoms with Crippen molar-refractivity contribution >= 4 is 17.6 Å². The fourth-order valence-corrected chi connectivity index (χ4v) is 1.18. The van der Waals surface area contributed by atoms with Crippen LogP contribution in [0, 0.1) is 12.8 Å². The van der Waals surface area contributed by atoms with Crippen LogP contribution in [0.15, 0.2) is 18.2 Å². The van der Waals surface area contributed by atoms with E-state index in [0.29, 0.717) is 10.8 Å². The maximum Gasteiger partial charge on any atom is 0.313 e. The zero-order chi connectivity index (χ0) is 10.7. The fraction of sp³-hybridized carbons (Fsp3) is 0.364. The van der Waals surface area contributed by atoms with Crippen LogP contribution in [0.1, 0.15) is 19.4 Å². The Hall–Kier alpha value is -1.02. The van der Waals surface area contributed by atoms with E-state index >= 15 is 0 Å². The highest BCUT2D eigenvalue weighted by molar-refractivity contribution is 6.30. The number of rotatable bonds is 2. The lowest BCUT2D eigenvalue weighted by atomic mass is 10.2. The molecular formula is C11H13ClO2. The Labute approximate surface area is 88.8 Å². The van der Waals surface area contributed by atoms with E-state index in [-0.39, 0.29) is 11.9 Å². The van der Waals surface area contributed by atoms with Gasteiger partial charge < -0.3 is 4.74 Å². The molecule has 0 saturated heterocycles. The van der Waals surface area contributed by atoms with Crippen molar-refractivity contribution in [3.63, 3.8) is 0 Å². The summed E-state index contributed by atoms with van der Waals surface area (Å²) in [6.45, 7) is 5.45. The Bertz CT molecular complexity index is 345. The van der Waals surface area contributed by atoms with E-state index in [1.54, 1.807) is 32.0 Å². The standard InChI is InChI=1S/C11H13ClO2/c1-7(2)11(13)14-10-5-4-9(12)6-8(10)3/h4-7H,1-3H3. The number of esters is 1. The molecule has 76 valence electrons. The number of hydrogen-bond acceptors (Lipinski definition) is 2. The quantitative estimate of drug-likeness (QED) is 0.556. The third kappa shape index (κ3) is 2.74. The lowest BCUT2D eigenvalue weighted by Crippen LogP contribution is -2.15. The Balaban J connectivity index is 2.82. The van der Waals surface area contributed by atoms with Crippen molar-refractivity contribution in [3.05, 3.63) is 28.8 Å². The van der Waals surface area contributed by atoms with Crippen molar-refractivity contribution in [1.29, 1.82) is 0 Å². The Morgan fingerprint density at radius 3 is 2.57 bits per heavy atom. The minimum atomic E-state index is -0.226. The first-order valence-corrected chi connectivity index (χ1v) is 4.86. The largest absolute Gasteiger partial charge is 0.426 e. The van der Waals surface area contributed by atoms with Crippen molar-refractivity contribution in [2.24, 2.45) is 5.92 Å². The summed E-state index contributed by atoms with van der Waals surface area (Å²) in [5.41, 5.74) is 0.867. The summed E-state index contributed by atoms with van der Waals surface area (Å²) in [7, 11) is 0. The monoisotopic (exact) mass is 212 g/mol. The Morgan fingerprint density at radius 1 is 1.43 bits per heavy atom. The molecule has 0 amide bonds. The maximum absolute atomic E-state index is 11.3. The first-order valence-electron chi connectivity index (χ1n) is 4.48. The Kier molecular flexibility index (Phi) is 3.53. The molecule has 0 aromatic heterocycles. The van der Waals surface area contributed by atoms with E-state index < -0.39 is 0 Å². The minimum absolute atomic E-state index is 0.120. The van der Waals surface area contributed by atoms with E-state index in [1.807, 2.05) is 6.92 Å². The molecule has 0 N–H and O–H groups in total. The lowest BCUT2D eigenvalue weighted by Gasteiger charge is -2.09. The molecule has 3 heteroatoms. The number of carbonyl (C=O) groups is 1. The van der Waals surface area contributed by atoms with Crippen LogP contribution in [-0.4, -0.2) is 5.97 Å². The van der Waals surface area contributed by atoms with Gasteiger partial charge in [0.05, 0.1) is 5.92 Å². The second kappa shape index (κ2) is 4.47. The second-order valence-corrected chi connectivity index (χ2v) is 3.92. The molecule has 2 nitrogen and oxygen atoms in total. The first-order chi connectivity index (χ1) is 6.50. The highest BCUT2D eigenvalue weighted by atomic mass is 35.5. The van der Waals surface area contributed by atoms with Gasteiger partial charge in [-0.3, -0.25) is 4.79 Å². The third-order valence-electron chi connectivity index (χ3n) is 1.82. The number of hydrogen-bond donors (Lipinski definition) is 0. The summed E-state index contributed by atoms with van der Waals surface area (Å²) in [6.07, 6.45) is 0. The topological polar surface area (TPSA) is 26.3 Å². The molecule has 0 radical (unpaired) electrons. The number of ether oxygens (including phenoxy) is 1. The maximum atomic E-state index is 11.3. The molecule has 0 unspecified atom stereocenters. The average molecular weight is 213 g/mol. The number of aryl methyl sites for hydroxylation is 1. The zero-order valence-corrected chi connectivity index (χ0v) is 9.26. The second-order valence-electron chi connectivity index (χ2n) is 3.49. The molecule has 0 atom stereocenters. The van der Waals surface area contributed by atoms with Gasteiger partial charge in [-0.05, 0) is 30.7 Å². The van der Waals surface area contributed by atoms with Crippen molar-refractivity contribution in [3.8, 4) is 5.75 Å². The number of halogens is 1. The van der Waals surface area contributed by atoms with Crippen LogP contribution in [0.2, 0.25) is 5.02 Å². The number of benzene rings is 1. The molecular weight excluding hydrogens is 200 g/mol. The molecule has 0 heterocycles. The normalized spacial score (nSPS) is 10.4. The third-order valence-corrected chi connectivity index (χ3v) is 2.05. The molecule has 0 aliphatic heterocycles. The predicted molar refractivity (Wildman–Crippen MR) is 56.7 cm³/mol. The van der Waals surface area contributed by atoms with E-state index in [4.69, 9.17) is 16.3 Å². The van der Waals surface area contributed by atoms with Crippen molar-refractivity contribution in [1.82, 2.24) is 0 Å². The summed E-state index contributed by atoms with van der Waals surface area (Å²) in [6, 6.07) is 5.18. The SMILES string of the molecule is Cc1cc(Cl)ccc1OC(=O)C(C)C. The van der Waals surface area contributed by atoms with Gasteiger partial charge in [-0.15, -0.1) is 0 Å². The minimum Gasteiger partial charge on any atom is -0.426 e. The van der Waals surface area contributed by atoms with Crippen molar-refractivity contribution in [2.45, 2.75) is 20.8 Å². The molecule has 1 aromatic rings. The van der Waals surface area contributed by atoms with E-state index in [1.165, 1.54) is 0 Å². The van der Waals surface area contributed by atoms with Crippen LogP contribution < -0.4 is 4.74 Å². The summed E-state index contributed by atoms with van der Waals surface area (Å²) < 4.78 is 5.16. The van der Waals surface area contributed by atoms with Crippen LogP contribution in [0.4, 0.5) is 0 Å². The predicted octanol–water partition coefficient (Wildman–Crippen LogP) is 3.21. The summed E-state index contributed by atoms with van der Waals surface area (Å²) >= 11 is 5.78. The van der Waals surface area contributed by atoms with Gasteiger partial charge in [0.2, 0.25) is 0 Å². The summed E-state index contributed by atoms with van der Waals surface area (Å²) in [4.78, 5) is 11.3. The van der Waals surface area contributed by atoms with Gasteiger partial charge >= 0.3 is 5.97 Å². The molecule has 0 saturated carbocycles. The smallest absolute Gasteiger partial charge is 0.313 e. The van der Waals surface area contributed by atoms with Gasteiger partial charge in [-0.25, -0.2) is 0 Å². The summed E-state index contributed by atoms with van der Waals surface area (Å²) in [5.74, 6) is 0.230. The van der Waals surface area contributed by atoms with E-state index in [2.05, 4.69) is 0 Å². The lowest BCUT2D eigenvalue weighted by molar-refractivity contribution is -0.137. The van der Waals surface area contributed by atoms with Gasteiger partial charge in [0.15, 0.2) is 0 Å². The van der Waals surface area contributed by atoms with Crippen molar-refractivity contribution < 1.29 is 9.53 Å². The molecule has 0 aliphatic rings. The van der Waals surface area contributed by atoms with Crippen molar-refractivity contribution in [2.75, 3.05) is 0 Å². The molecule has 0 fully saturated rings. The zero-order valence-electron chi connectivity index (χ0n) is 8.50. The van der Waals surface area contributed by atoms with Gasteiger partial charge in [0.25, 0.3) is 0 Å². The highest BCUT2D eigenvalue weighted by Crippen LogP contribution is 2.22. The number of carbonyl (C=O) groups excluding carboxylic acids is 1. The fourth-order valence-electron chi connectivity index (χ4n) is 0.954. The van der Waals surface area contributed by atoms with Crippen LogP contribution in [0.5, 0.6) is 5.75 Å². The van der Waals surface area contributed by atoms with Gasteiger partial charge in [-0.2, -0.15) is 0 Å². The van der Waals surface area contributed by atoms with Crippen LogP contribution >= 0.6 is 11.6 Å². The van der Waals surface area contributed by atoms with Gasteiger partial charge in [0, 0.05) is 5.02 Å². The molecule has 1 rings (SSSR count). The molecule has 0 spiro atoms. The first kappa shape index (κ1) is 11.1. The van der Waals surface area contributed by atoms with Crippen LogP contribution in [0.3, 0.4) is 0 Å². The summed E-state index contributed by atoms with van der Waals surface area (Å²) in [5, 5.41) is 0.645. The highest BCUT2D eigenvalue weighted by Gasteiger charge is 2.11. The molecule has 14 heavy (non-hydrogen) atoms. The van der Waals surface area contributed by atoms with Crippen LogP contribution in [0.25, 0.3) is 0 Å². The van der Waals surface area contributed by atoms with E-state index in [9.17, 15) is 4.79 Å². The molecule has 0 bridgehead atoms. The van der Waals surface area contributed by atoms with Gasteiger partial charge in [-0.1, -0.05) is 25.4 Å². The van der Waals surface area contributed by atoms with Gasteiger partial charge in [0.1, 0.15) is 5.75 Å².